The lowest BCUT2D eigenvalue weighted by Gasteiger charge is -2.23. The van der Waals surface area contributed by atoms with Gasteiger partial charge >= 0.3 is 5.97 Å². The molecule has 3 aromatic rings. The highest BCUT2D eigenvalue weighted by molar-refractivity contribution is 5.75. The summed E-state index contributed by atoms with van der Waals surface area (Å²) in [6.45, 7) is 1.96. The second kappa shape index (κ2) is 7.00. The lowest BCUT2D eigenvalue weighted by atomic mass is 9.94. The van der Waals surface area contributed by atoms with E-state index in [2.05, 4.69) is 26.7 Å². The third-order valence-electron chi connectivity index (χ3n) is 4.59. The van der Waals surface area contributed by atoms with Crippen molar-refractivity contribution in [1.29, 1.82) is 5.26 Å². The number of aryl methyl sites for hydroxylation is 1. The zero-order valence-electron chi connectivity index (χ0n) is 15.2. The van der Waals surface area contributed by atoms with Crippen molar-refractivity contribution in [2.75, 3.05) is 10.6 Å². The summed E-state index contributed by atoms with van der Waals surface area (Å²) in [5, 5.41) is 24.4. The van der Waals surface area contributed by atoms with Crippen LogP contribution in [0, 0.1) is 18.3 Å². The number of hydrogen-bond donors (Lipinski definition) is 3. The summed E-state index contributed by atoms with van der Waals surface area (Å²) >= 11 is 0. The molecule has 4 rings (SSSR count). The molecule has 1 aromatic heterocycles. The maximum Gasteiger partial charge on any atom is 0.307 e. The van der Waals surface area contributed by atoms with E-state index in [-0.39, 0.29) is 6.42 Å². The van der Waals surface area contributed by atoms with Crippen LogP contribution in [-0.2, 0) is 17.6 Å². The number of hydrogen-bond acceptors (Lipinski definition) is 6. The molecule has 1 aliphatic heterocycles. The zero-order valence-corrected chi connectivity index (χ0v) is 15.2. The Kier molecular flexibility index (Phi) is 4.38. The van der Waals surface area contributed by atoms with Crippen LogP contribution >= 0.6 is 0 Å². The summed E-state index contributed by atoms with van der Waals surface area (Å²) in [6.07, 6.45) is 2.41. The van der Waals surface area contributed by atoms with Crippen molar-refractivity contribution >= 4 is 29.1 Å². The normalized spacial score (nSPS) is 11.6. The zero-order chi connectivity index (χ0) is 19.7. The van der Waals surface area contributed by atoms with Crippen molar-refractivity contribution in [2.45, 2.75) is 19.8 Å². The molecule has 0 aliphatic carbocycles. The number of carboxylic acid groups (broad SMARTS) is 1. The Morgan fingerprint density at radius 1 is 1.29 bits per heavy atom. The maximum atomic E-state index is 11.0. The Morgan fingerprint density at radius 3 is 2.79 bits per heavy atom. The molecule has 0 fully saturated rings. The highest BCUT2D eigenvalue weighted by Crippen LogP contribution is 2.35. The van der Waals surface area contributed by atoms with Gasteiger partial charge in [-0.3, -0.25) is 4.79 Å². The number of aromatic nitrogens is 2. The number of fused-ring (bicyclic) bond motifs is 2. The van der Waals surface area contributed by atoms with Crippen LogP contribution in [-0.4, -0.2) is 21.0 Å². The fourth-order valence-corrected chi connectivity index (χ4v) is 3.32. The first-order valence-corrected chi connectivity index (χ1v) is 8.76. The fraction of sp³-hybridized carbons (Fsp3) is 0.143. The predicted molar refractivity (Wildman–Crippen MR) is 105 cm³/mol. The first-order chi connectivity index (χ1) is 13.5. The minimum absolute atomic E-state index is 0.00489. The van der Waals surface area contributed by atoms with Gasteiger partial charge in [-0.1, -0.05) is 12.1 Å². The molecule has 1 aliphatic rings. The first-order valence-electron chi connectivity index (χ1n) is 8.76. The number of nitrogens with one attached hydrogen (secondary N) is 2. The van der Waals surface area contributed by atoms with E-state index in [9.17, 15) is 4.79 Å². The number of rotatable bonds is 4. The van der Waals surface area contributed by atoms with E-state index in [0.717, 1.165) is 39.4 Å². The predicted octanol–water partition coefficient (Wildman–Crippen LogP) is 3.68. The topological polar surface area (TPSA) is 111 Å². The van der Waals surface area contributed by atoms with Gasteiger partial charge in [0.2, 0.25) is 5.95 Å². The Balaban J connectivity index is 1.59. The second-order valence-electron chi connectivity index (χ2n) is 6.70. The third-order valence-corrected chi connectivity index (χ3v) is 4.59. The van der Waals surface area contributed by atoms with E-state index in [1.54, 1.807) is 30.5 Å². The quantitative estimate of drug-likeness (QED) is 0.502. The third kappa shape index (κ3) is 3.48. The van der Waals surface area contributed by atoms with Crippen molar-refractivity contribution in [3.8, 4) is 6.07 Å². The molecular weight excluding hydrogens is 354 g/mol. The van der Waals surface area contributed by atoms with Crippen LogP contribution in [0.15, 0.2) is 42.6 Å². The molecule has 0 unspecified atom stereocenters. The average Bonchev–Trinajstić information content (AvgIpc) is 2.67. The number of nitriles is 1. The number of benzene rings is 2. The van der Waals surface area contributed by atoms with Crippen molar-refractivity contribution in [1.82, 2.24) is 9.97 Å². The molecule has 0 atom stereocenters. The summed E-state index contributed by atoms with van der Waals surface area (Å²) < 4.78 is 0. The van der Waals surface area contributed by atoms with Gasteiger partial charge in [0.25, 0.3) is 0 Å². The van der Waals surface area contributed by atoms with E-state index in [4.69, 9.17) is 10.4 Å². The van der Waals surface area contributed by atoms with Gasteiger partial charge in [-0.15, -0.1) is 0 Å². The van der Waals surface area contributed by atoms with E-state index in [1.807, 2.05) is 19.1 Å². The number of anilines is 4. The van der Waals surface area contributed by atoms with Gasteiger partial charge < -0.3 is 15.7 Å². The van der Waals surface area contributed by atoms with Gasteiger partial charge in [-0.2, -0.15) is 10.2 Å². The van der Waals surface area contributed by atoms with E-state index < -0.39 is 5.97 Å². The molecular formula is C21H17N5O2. The second-order valence-corrected chi connectivity index (χ2v) is 6.70. The molecule has 0 spiro atoms. The van der Waals surface area contributed by atoms with E-state index in [1.165, 1.54) is 0 Å². The van der Waals surface area contributed by atoms with Gasteiger partial charge in [0, 0.05) is 29.6 Å². The molecule has 0 bridgehead atoms. The SMILES string of the molecule is Cc1cc(CC(=O)O)cc2c1Nc1nc(Nc3ccc(C#N)cc3)ncc1C2. The number of carbonyl (C=O) groups is 1. The van der Waals surface area contributed by atoms with Gasteiger partial charge in [0.05, 0.1) is 18.1 Å². The minimum Gasteiger partial charge on any atom is -0.481 e. The summed E-state index contributed by atoms with van der Waals surface area (Å²) in [7, 11) is 0. The minimum atomic E-state index is -0.842. The van der Waals surface area contributed by atoms with Crippen LogP contribution in [0.3, 0.4) is 0 Å². The molecule has 3 N–H and O–H groups in total. The van der Waals surface area contributed by atoms with Crippen LogP contribution in [0.2, 0.25) is 0 Å². The maximum absolute atomic E-state index is 11.0. The van der Waals surface area contributed by atoms with Crippen LogP contribution in [0.5, 0.6) is 0 Å². The Hall–Kier alpha value is -3.92. The molecule has 0 saturated carbocycles. The Bertz CT molecular complexity index is 1120. The standard InChI is InChI=1S/C21H17N5O2/c1-12-6-14(8-18(27)28)7-15-9-16-11-23-21(26-20(16)25-19(12)15)24-17-4-2-13(10-22)3-5-17/h2-7,11H,8-9H2,1H3,(H,27,28)(H2,23,24,25,26). The smallest absolute Gasteiger partial charge is 0.307 e. The molecule has 0 saturated heterocycles. The number of aliphatic carboxylic acids is 1. The molecule has 0 radical (unpaired) electrons. The summed E-state index contributed by atoms with van der Waals surface area (Å²) in [5.74, 6) is 0.345. The molecule has 28 heavy (non-hydrogen) atoms. The van der Waals surface area contributed by atoms with Gasteiger partial charge in [0.1, 0.15) is 5.82 Å². The van der Waals surface area contributed by atoms with Crippen molar-refractivity contribution in [3.05, 3.63) is 70.4 Å². The lowest BCUT2D eigenvalue weighted by Crippen LogP contribution is -2.13. The van der Waals surface area contributed by atoms with Crippen LogP contribution in [0.25, 0.3) is 0 Å². The molecule has 0 amide bonds. The van der Waals surface area contributed by atoms with Crippen molar-refractivity contribution in [2.24, 2.45) is 0 Å². The Morgan fingerprint density at radius 2 is 2.07 bits per heavy atom. The summed E-state index contributed by atoms with van der Waals surface area (Å²) in [4.78, 5) is 20.0. The molecule has 7 nitrogen and oxygen atoms in total. The van der Waals surface area contributed by atoms with Gasteiger partial charge in [0.15, 0.2) is 0 Å². The molecule has 2 aromatic carbocycles. The highest BCUT2D eigenvalue weighted by Gasteiger charge is 2.20. The van der Waals surface area contributed by atoms with E-state index in [0.29, 0.717) is 17.9 Å². The first kappa shape index (κ1) is 17.5. The number of nitrogens with zero attached hydrogens (tertiary/aromatic N) is 3. The van der Waals surface area contributed by atoms with E-state index >= 15 is 0 Å². The number of carboxylic acids is 1. The summed E-state index contributed by atoms with van der Waals surface area (Å²) in [6, 6.07) is 13.0. The van der Waals surface area contributed by atoms with Crippen LogP contribution < -0.4 is 10.6 Å². The van der Waals surface area contributed by atoms with Crippen molar-refractivity contribution < 1.29 is 9.90 Å². The van der Waals surface area contributed by atoms with Gasteiger partial charge in [-0.05, 0) is 47.9 Å². The van der Waals surface area contributed by atoms with Crippen molar-refractivity contribution in [3.63, 3.8) is 0 Å². The lowest BCUT2D eigenvalue weighted by molar-refractivity contribution is -0.136. The van der Waals surface area contributed by atoms with Crippen LogP contribution in [0.4, 0.5) is 23.1 Å². The molecule has 2 heterocycles. The Labute approximate surface area is 161 Å². The average molecular weight is 371 g/mol. The molecule has 7 heteroatoms. The molecule has 138 valence electrons. The van der Waals surface area contributed by atoms with Crippen LogP contribution in [0.1, 0.15) is 27.8 Å². The fourth-order valence-electron chi connectivity index (χ4n) is 3.32. The van der Waals surface area contributed by atoms with Gasteiger partial charge in [-0.25, -0.2) is 4.98 Å². The largest absolute Gasteiger partial charge is 0.481 e. The highest BCUT2D eigenvalue weighted by atomic mass is 16.4. The monoisotopic (exact) mass is 371 g/mol. The summed E-state index contributed by atoms with van der Waals surface area (Å²) in [5.41, 5.74) is 6.11.